The molecule has 0 spiro atoms. The zero-order chi connectivity index (χ0) is 11.7. The largest absolute Gasteiger partial charge is 0.372 e. The quantitative estimate of drug-likeness (QED) is 0.706. The molecule has 0 radical (unpaired) electrons. The van der Waals surface area contributed by atoms with Crippen LogP contribution in [0.25, 0.3) is 0 Å². The molecule has 1 aliphatic rings. The van der Waals surface area contributed by atoms with E-state index in [9.17, 15) is 0 Å². The van der Waals surface area contributed by atoms with Crippen molar-refractivity contribution in [3.05, 3.63) is 17.0 Å². The Balaban J connectivity index is 2.22. The monoisotopic (exact) mass is 241 g/mol. The third-order valence-electron chi connectivity index (χ3n) is 2.54. The van der Waals surface area contributed by atoms with Crippen LogP contribution in [0.15, 0.2) is 6.07 Å². The number of morpholine rings is 1. The van der Waals surface area contributed by atoms with Crippen LogP contribution in [0, 0.1) is 6.92 Å². The molecular weight excluding hydrogens is 226 g/mol. The van der Waals surface area contributed by atoms with E-state index in [4.69, 9.17) is 16.3 Å². The van der Waals surface area contributed by atoms with E-state index in [0.29, 0.717) is 11.0 Å². The normalized spacial score (nSPS) is 25.9. The average Bonchev–Trinajstić information content (AvgIpc) is 2.14. The molecule has 1 aromatic rings. The number of ether oxygens (including phenoxy) is 1. The highest BCUT2D eigenvalue weighted by Crippen LogP contribution is 2.20. The van der Waals surface area contributed by atoms with Crippen molar-refractivity contribution in [3.63, 3.8) is 0 Å². The van der Waals surface area contributed by atoms with Crippen molar-refractivity contribution in [1.82, 2.24) is 9.97 Å². The van der Waals surface area contributed by atoms with Crippen molar-refractivity contribution in [1.29, 1.82) is 0 Å². The standard InChI is InChI=1S/C11H16ClN3O/c1-7-5-15(6-8(2)16-7)11-4-10(12)13-9(3)14-11/h4,7-8H,5-6H2,1-3H3/t7-,8+. The van der Waals surface area contributed by atoms with Crippen LogP contribution in [0.5, 0.6) is 0 Å². The molecule has 88 valence electrons. The Morgan fingerprint density at radius 2 is 1.94 bits per heavy atom. The topological polar surface area (TPSA) is 38.2 Å². The number of aromatic nitrogens is 2. The Hall–Kier alpha value is -0.870. The summed E-state index contributed by atoms with van der Waals surface area (Å²) in [5.74, 6) is 1.59. The summed E-state index contributed by atoms with van der Waals surface area (Å²) in [6, 6.07) is 1.80. The van der Waals surface area contributed by atoms with Crippen LogP contribution < -0.4 is 4.90 Å². The van der Waals surface area contributed by atoms with Crippen LogP contribution in [0.2, 0.25) is 5.15 Å². The zero-order valence-corrected chi connectivity index (χ0v) is 10.5. The molecule has 1 aromatic heterocycles. The third-order valence-corrected chi connectivity index (χ3v) is 2.73. The van der Waals surface area contributed by atoms with Gasteiger partial charge in [-0.15, -0.1) is 0 Å². The summed E-state index contributed by atoms with van der Waals surface area (Å²) in [5, 5.41) is 0.495. The molecule has 16 heavy (non-hydrogen) atoms. The van der Waals surface area contributed by atoms with Crippen molar-refractivity contribution in [2.75, 3.05) is 18.0 Å². The fourth-order valence-corrected chi connectivity index (χ4v) is 2.26. The number of hydrogen-bond acceptors (Lipinski definition) is 4. The van der Waals surface area contributed by atoms with E-state index in [0.717, 1.165) is 18.9 Å². The first-order valence-electron chi connectivity index (χ1n) is 5.46. The second-order valence-corrected chi connectivity index (χ2v) is 4.65. The van der Waals surface area contributed by atoms with Gasteiger partial charge < -0.3 is 9.64 Å². The van der Waals surface area contributed by atoms with Crippen LogP contribution in [-0.2, 0) is 4.74 Å². The van der Waals surface area contributed by atoms with Gasteiger partial charge in [0.15, 0.2) is 0 Å². The van der Waals surface area contributed by atoms with E-state index in [1.807, 2.05) is 6.92 Å². The second-order valence-electron chi connectivity index (χ2n) is 4.26. The van der Waals surface area contributed by atoms with Gasteiger partial charge in [0.05, 0.1) is 12.2 Å². The van der Waals surface area contributed by atoms with Gasteiger partial charge in [-0.25, -0.2) is 9.97 Å². The van der Waals surface area contributed by atoms with Gasteiger partial charge in [-0.05, 0) is 20.8 Å². The van der Waals surface area contributed by atoms with Crippen LogP contribution in [0.4, 0.5) is 5.82 Å². The van der Waals surface area contributed by atoms with Gasteiger partial charge in [0.2, 0.25) is 0 Å². The lowest BCUT2D eigenvalue weighted by Gasteiger charge is -2.36. The van der Waals surface area contributed by atoms with Crippen molar-refractivity contribution in [2.45, 2.75) is 33.0 Å². The molecule has 1 fully saturated rings. The first-order chi connectivity index (χ1) is 7.54. The Morgan fingerprint density at radius 3 is 2.50 bits per heavy atom. The molecular formula is C11H16ClN3O. The van der Waals surface area contributed by atoms with Crippen LogP contribution in [-0.4, -0.2) is 35.3 Å². The summed E-state index contributed by atoms with van der Waals surface area (Å²) >= 11 is 5.93. The van der Waals surface area contributed by atoms with E-state index in [1.165, 1.54) is 0 Å². The van der Waals surface area contributed by atoms with Crippen molar-refractivity contribution in [2.24, 2.45) is 0 Å². The molecule has 2 atom stereocenters. The summed E-state index contributed by atoms with van der Waals surface area (Å²) in [5.41, 5.74) is 0. The van der Waals surface area contributed by atoms with Gasteiger partial charge in [-0.1, -0.05) is 11.6 Å². The Labute approximate surface area is 101 Å². The molecule has 0 bridgehead atoms. The van der Waals surface area contributed by atoms with Crippen LogP contribution >= 0.6 is 11.6 Å². The molecule has 0 aliphatic carbocycles. The predicted molar refractivity (Wildman–Crippen MR) is 64.0 cm³/mol. The highest BCUT2D eigenvalue weighted by atomic mass is 35.5. The van der Waals surface area contributed by atoms with E-state index in [-0.39, 0.29) is 12.2 Å². The van der Waals surface area contributed by atoms with Gasteiger partial charge >= 0.3 is 0 Å². The van der Waals surface area contributed by atoms with Gasteiger partial charge in [0.1, 0.15) is 16.8 Å². The average molecular weight is 242 g/mol. The summed E-state index contributed by atoms with van der Waals surface area (Å²) in [7, 11) is 0. The van der Waals surface area contributed by atoms with E-state index < -0.39 is 0 Å². The van der Waals surface area contributed by atoms with Gasteiger partial charge in [0, 0.05) is 19.2 Å². The zero-order valence-electron chi connectivity index (χ0n) is 9.77. The second kappa shape index (κ2) is 4.55. The van der Waals surface area contributed by atoms with Crippen LogP contribution in [0.3, 0.4) is 0 Å². The van der Waals surface area contributed by atoms with Gasteiger partial charge in [-0.3, -0.25) is 0 Å². The Morgan fingerprint density at radius 1 is 1.31 bits per heavy atom. The highest BCUT2D eigenvalue weighted by molar-refractivity contribution is 6.29. The number of aryl methyl sites for hydroxylation is 1. The van der Waals surface area contributed by atoms with Crippen molar-refractivity contribution in [3.8, 4) is 0 Å². The fraction of sp³-hybridized carbons (Fsp3) is 0.636. The first-order valence-corrected chi connectivity index (χ1v) is 5.84. The lowest BCUT2D eigenvalue weighted by Crippen LogP contribution is -2.45. The highest BCUT2D eigenvalue weighted by Gasteiger charge is 2.23. The van der Waals surface area contributed by atoms with Crippen molar-refractivity contribution < 1.29 is 4.74 Å². The van der Waals surface area contributed by atoms with Gasteiger partial charge in [0.25, 0.3) is 0 Å². The number of anilines is 1. The fourth-order valence-electron chi connectivity index (χ4n) is 2.04. The van der Waals surface area contributed by atoms with Crippen molar-refractivity contribution >= 4 is 17.4 Å². The maximum atomic E-state index is 5.93. The number of nitrogens with zero attached hydrogens (tertiary/aromatic N) is 3. The molecule has 0 N–H and O–H groups in total. The summed E-state index contributed by atoms with van der Waals surface area (Å²) in [6.07, 6.45) is 0.440. The predicted octanol–water partition coefficient (Wildman–Crippen LogP) is 2.05. The van der Waals surface area contributed by atoms with Gasteiger partial charge in [-0.2, -0.15) is 0 Å². The maximum Gasteiger partial charge on any atom is 0.134 e. The van der Waals surface area contributed by atoms with E-state index >= 15 is 0 Å². The number of halogens is 1. The van der Waals surface area contributed by atoms with Crippen LogP contribution in [0.1, 0.15) is 19.7 Å². The summed E-state index contributed by atoms with van der Waals surface area (Å²) < 4.78 is 5.68. The Bertz CT molecular complexity index is 355. The molecule has 4 nitrogen and oxygen atoms in total. The minimum absolute atomic E-state index is 0.220. The third kappa shape index (κ3) is 2.62. The molecule has 0 amide bonds. The SMILES string of the molecule is Cc1nc(Cl)cc(N2C[C@@H](C)O[C@@H](C)C2)n1. The lowest BCUT2D eigenvalue weighted by atomic mass is 10.2. The number of hydrogen-bond donors (Lipinski definition) is 0. The summed E-state index contributed by atoms with van der Waals surface area (Å²) in [4.78, 5) is 10.7. The molecule has 0 aromatic carbocycles. The molecule has 1 aliphatic heterocycles. The van der Waals surface area contributed by atoms with E-state index in [2.05, 4.69) is 28.7 Å². The minimum atomic E-state index is 0.220. The molecule has 5 heteroatoms. The molecule has 2 rings (SSSR count). The lowest BCUT2D eigenvalue weighted by molar-refractivity contribution is -0.00547. The summed E-state index contributed by atoms with van der Waals surface area (Å²) in [6.45, 7) is 7.67. The molecule has 2 heterocycles. The maximum absolute atomic E-state index is 5.93. The van der Waals surface area contributed by atoms with E-state index in [1.54, 1.807) is 6.07 Å². The molecule has 0 saturated carbocycles. The Kier molecular flexibility index (Phi) is 3.30. The smallest absolute Gasteiger partial charge is 0.134 e. The number of rotatable bonds is 1. The minimum Gasteiger partial charge on any atom is -0.372 e. The molecule has 0 unspecified atom stereocenters. The first kappa shape index (κ1) is 11.6. The molecule has 1 saturated heterocycles.